The quantitative estimate of drug-likeness (QED) is 0.575. The van der Waals surface area contributed by atoms with Crippen LogP contribution in [0.25, 0.3) is 0 Å². The second kappa shape index (κ2) is 4.80. The first kappa shape index (κ1) is 13.5. The van der Waals surface area contributed by atoms with Crippen molar-refractivity contribution in [2.24, 2.45) is 17.7 Å². The summed E-state index contributed by atoms with van der Waals surface area (Å²) < 4.78 is 38.5. The zero-order valence-electron chi connectivity index (χ0n) is 10.9. The number of halogens is 3. The van der Waals surface area contributed by atoms with Gasteiger partial charge in [-0.15, -0.1) is 0 Å². The molecule has 0 aliphatic heterocycles. The van der Waals surface area contributed by atoms with Crippen LogP contribution in [-0.2, 0) is 6.18 Å². The maximum Gasteiger partial charge on any atom is 0.416 e. The van der Waals surface area contributed by atoms with E-state index in [4.69, 9.17) is 5.84 Å². The van der Waals surface area contributed by atoms with E-state index >= 15 is 0 Å². The number of hydrazine groups is 1. The summed E-state index contributed by atoms with van der Waals surface area (Å²) in [5, 5.41) is 3.18. The Morgan fingerprint density at radius 1 is 1.10 bits per heavy atom. The highest BCUT2D eigenvalue weighted by molar-refractivity contribution is 5.50. The fourth-order valence-corrected chi connectivity index (χ4v) is 2.54. The van der Waals surface area contributed by atoms with Gasteiger partial charge in [-0.2, -0.15) is 13.2 Å². The van der Waals surface area contributed by atoms with Crippen LogP contribution in [0.1, 0.15) is 31.2 Å². The highest BCUT2D eigenvalue weighted by atomic mass is 19.4. The van der Waals surface area contributed by atoms with E-state index in [9.17, 15) is 13.2 Å². The molecule has 0 unspecified atom stereocenters. The van der Waals surface area contributed by atoms with Gasteiger partial charge in [0.05, 0.1) is 5.56 Å². The average molecular weight is 286 g/mol. The molecule has 0 atom stereocenters. The van der Waals surface area contributed by atoms with Gasteiger partial charge in [0.2, 0.25) is 0 Å². The molecule has 0 saturated heterocycles. The predicted octanol–water partition coefficient (Wildman–Crippen LogP) is 2.99. The fourth-order valence-electron chi connectivity index (χ4n) is 2.54. The molecular formula is C13H17F3N4. The predicted molar refractivity (Wildman–Crippen MR) is 69.9 cm³/mol. The van der Waals surface area contributed by atoms with Crippen LogP contribution >= 0.6 is 0 Å². The van der Waals surface area contributed by atoms with Gasteiger partial charge in [0.1, 0.15) is 11.6 Å². The Morgan fingerprint density at radius 2 is 1.65 bits per heavy atom. The molecule has 0 radical (unpaired) electrons. The summed E-state index contributed by atoms with van der Waals surface area (Å²) >= 11 is 0. The third kappa shape index (κ3) is 2.98. The molecule has 4 nitrogen and oxygen atoms in total. The normalized spacial score (nSPS) is 19.2. The second-order valence-corrected chi connectivity index (χ2v) is 5.61. The van der Waals surface area contributed by atoms with Gasteiger partial charge < -0.3 is 10.7 Å². The highest BCUT2D eigenvalue weighted by Crippen LogP contribution is 2.46. The lowest BCUT2D eigenvalue weighted by Crippen LogP contribution is -2.25. The van der Waals surface area contributed by atoms with Gasteiger partial charge in [-0.1, -0.05) is 0 Å². The van der Waals surface area contributed by atoms with E-state index in [1.807, 2.05) is 0 Å². The van der Waals surface area contributed by atoms with Crippen LogP contribution in [0.15, 0.2) is 12.1 Å². The number of hydrogen-bond acceptors (Lipinski definition) is 4. The van der Waals surface area contributed by atoms with Crippen LogP contribution in [0.3, 0.4) is 0 Å². The van der Waals surface area contributed by atoms with Crippen molar-refractivity contribution < 1.29 is 13.2 Å². The zero-order valence-corrected chi connectivity index (χ0v) is 10.9. The Hall–Kier alpha value is -1.50. The Kier molecular flexibility index (Phi) is 3.24. The molecule has 1 aromatic heterocycles. The Morgan fingerprint density at radius 3 is 2.10 bits per heavy atom. The van der Waals surface area contributed by atoms with Crippen LogP contribution in [0.2, 0.25) is 0 Å². The van der Waals surface area contributed by atoms with Crippen LogP contribution < -0.4 is 16.6 Å². The van der Waals surface area contributed by atoms with Gasteiger partial charge in [0.25, 0.3) is 0 Å². The van der Waals surface area contributed by atoms with E-state index in [0.29, 0.717) is 11.8 Å². The molecule has 0 bridgehead atoms. The lowest BCUT2D eigenvalue weighted by Gasteiger charge is -2.20. The molecule has 0 amide bonds. The van der Waals surface area contributed by atoms with E-state index < -0.39 is 11.7 Å². The third-order valence-electron chi connectivity index (χ3n) is 3.87. The fraction of sp³-hybridized carbons (Fsp3) is 0.615. The molecule has 1 aromatic rings. The lowest BCUT2D eigenvalue weighted by atomic mass is 10.1. The molecule has 110 valence electrons. The van der Waals surface area contributed by atoms with E-state index in [-0.39, 0.29) is 17.7 Å². The van der Waals surface area contributed by atoms with Gasteiger partial charge in [-0.05, 0) is 49.7 Å². The first-order valence-corrected chi connectivity index (χ1v) is 6.80. The van der Waals surface area contributed by atoms with Gasteiger partial charge >= 0.3 is 6.18 Å². The maximum atomic E-state index is 12.8. The molecule has 2 aliphatic carbocycles. The summed E-state index contributed by atoms with van der Waals surface area (Å²) in [6.45, 7) is 0. The largest absolute Gasteiger partial charge is 0.416 e. The maximum absolute atomic E-state index is 12.8. The van der Waals surface area contributed by atoms with Crippen molar-refractivity contribution >= 4 is 11.6 Å². The average Bonchev–Trinajstić information content (AvgIpc) is 3.27. The summed E-state index contributed by atoms with van der Waals surface area (Å²) in [5.74, 6) is 6.62. The number of nitrogens with zero attached hydrogens (tertiary/aromatic N) is 1. The topological polar surface area (TPSA) is 63.0 Å². The minimum atomic E-state index is -4.40. The first-order valence-electron chi connectivity index (χ1n) is 6.80. The summed E-state index contributed by atoms with van der Waals surface area (Å²) in [6.07, 6.45) is 0.189. The van der Waals surface area contributed by atoms with Crippen molar-refractivity contribution in [3.8, 4) is 0 Å². The number of nitrogens with two attached hydrogens (primary N) is 1. The standard InChI is InChI=1S/C13H17F3N4/c14-13(15,16)9-5-10(18-11(6-9)20-17)19-12(7-1-2-7)8-3-4-8/h5-8,12H,1-4,17H2,(H2,18,19,20). The third-order valence-corrected chi connectivity index (χ3v) is 3.87. The SMILES string of the molecule is NNc1cc(C(F)(F)F)cc(NC(C2CC2)C2CC2)n1. The molecule has 20 heavy (non-hydrogen) atoms. The number of hydrogen-bond donors (Lipinski definition) is 3. The van der Waals surface area contributed by atoms with Crippen LogP contribution in [0.4, 0.5) is 24.8 Å². The summed E-state index contributed by atoms with van der Waals surface area (Å²) in [7, 11) is 0. The Balaban J connectivity index is 1.83. The molecular weight excluding hydrogens is 269 g/mol. The van der Waals surface area contributed by atoms with Crippen molar-refractivity contribution in [1.29, 1.82) is 0 Å². The summed E-state index contributed by atoms with van der Waals surface area (Å²) in [4.78, 5) is 4.08. The molecule has 2 fully saturated rings. The number of anilines is 2. The molecule has 2 aliphatic rings. The van der Waals surface area contributed by atoms with E-state index in [1.165, 1.54) is 0 Å². The molecule has 2 saturated carbocycles. The Bertz CT molecular complexity index is 483. The zero-order chi connectivity index (χ0) is 14.3. The summed E-state index contributed by atoms with van der Waals surface area (Å²) in [6, 6.07) is 2.21. The van der Waals surface area contributed by atoms with E-state index in [0.717, 1.165) is 37.8 Å². The van der Waals surface area contributed by atoms with Crippen molar-refractivity contribution in [1.82, 2.24) is 4.98 Å². The van der Waals surface area contributed by atoms with E-state index in [1.54, 1.807) is 0 Å². The smallest absolute Gasteiger partial charge is 0.367 e. The second-order valence-electron chi connectivity index (χ2n) is 5.61. The molecule has 4 N–H and O–H groups in total. The lowest BCUT2D eigenvalue weighted by molar-refractivity contribution is -0.137. The van der Waals surface area contributed by atoms with Gasteiger partial charge in [-0.3, -0.25) is 0 Å². The van der Waals surface area contributed by atoms with Gasteiger partial charge in [0, 0.05) is 6.04 Å². The van der Waals surface area contributed by atoms with Crippen molar-refractivity contribution in [3.63, 3.8) is 0 Å². The van der Waals surface area contributed by atoms with Crippen LogP contribution in [0, 0.1) is 11.8 Å². The van der Waals surface area contributed by atoms with Crippen LogP contribution in [0.5, 0.6) is 0 Å². The monoisotopic (exact) mass is 286 g/mol. The number of aromatic nitrogens is 1. The molecule has 0 aromatic carbocycles. The molecule has 0 spiro atoms. The van der Waals surface area contributed by atoms with Crippen LogP contribution in [-0.4, -0.2) is 11.0 Å². The number of alkyl halides is 3. The van der Waals surface area contributed by atoms with Gasteiger partial charge in [-0.25, -0.2) is 10.8 Å². The minimum Gasteiger partial charge on any atom is -0.367 e. The number of nitrogens with one attached hydrogen (secondary N) is 2. The van der Waals surface area contributed by atoms with Crippen molar-refractivity contribution in [2.75, 3.05) is 10.7 Å². The first-order chi connectivity index (χ1) is 9.47. The minimum absolute atomic E-state index is 0.0210. The molecule has 7 heteroatoms. The van der Waals surface area contributed by atoms with Crippen molar-refractivity contribution in [3.05, 3.63) is 17.7 Å². The summed E-state index contributed by atoms with van der Waals surface area (Å²) in [5.41, 5.74) is 1.45. The van der Waals surface area contributed by atoms with Gasteiger partial charge in [0.15, 0.2) is 0 Å². The number of nitrogen functional groups attached to an aromatic ring is 1. The molecule has 3 rings (SSSR count). The number of rotatable bonds is 5. The molecule has 1 heterocycles. The highest BCUT2D eigenvalue weighted by Gasteiger charge is 2.42. The Labute approximate surface area is 114 Å². The number of pyridine rings is 1. The van der Waals surface area contributed by atoms with Crippen molar-refractivity contribution in [2.45, 2.75) is 37.9 Å². The van der Waals surface area contributed by atoms with E-state index in [2.05, 4.69) is 15.7 Å².